The molecule has 6 heteroatoms. The predicted molar refractivity (Wildman–Crippen MR) is 109 cm³/mol. The van der Waals surface area contributed by atoms with Crippen molar-refractivity contribution in [3.8, 4) is 0 Å². The van der Waals surface area contributed by atoms with Crippen LogP contribution < -0.4 is 5.32 Å². The molecule has 0 spiro atoms. The highest BCUT2D eigenvalue weighted by Crippen LogP contribution is 2.32. The SMILES string of the molecule is CN=C(NCCS(=O)(=O)C(C)(C)C)N1CCC(c2ccccc2)C(C)C1. The van der Waals surface area contributed by atoms with Crippen molar-refractivity contribution in [1.29, 1.82) is 0 Å². The van der Waals surface area contributed by atoms with Crippen LogP contribution >= 0.6 is 0 Å². The molecule has 26 heavy (non-hydrogen) atoms. The Morgan fingerprint density at radius 2 is 1.92 bits per heavy atom. The van der Waals surface area contributed by atoms with Gasteiger partial charge in [-0.15, -0.1) is 0 Å². The number of guanidine groups is 1. The quantitative estimate of drug-likeness (QED) is 0.645. The number of hydrogen-bond donors (Lipinski definition) is 1. The highest BCUT2D eigenvalue weighted by atomic mass is 32.2. The Bertz CT molecular complexity index is 708. The molecule has 1 N–H and O–H groups in total. The van der Waals surface area contributed by atoms with E-state index in [-0.39, 0.29) is 5.75 Å². The second kappa shape index (κ2) is 8.42. The number of nitrogens with one attached hydrogen (secondary N) is 1. The molecule has 1 aliphatic heterocycles. The van der Waals surface area contributed by atoms with E-state index >= 15 is 0 Å². The highest BCUT2D eigenvalue weighted by Gasteiger charge is 2.30. The van der Waals surface area contributed by atoms with Gasteiger partial charge in [-0.3, -0.25) is 4.99 Å². The fourth-order valence-corrected chi connectivity index (χ4v) is 4.45. The van der Waals surface area contributed by atoms with Crippen LogP contribution in [-0.2, 0) is 9.84 Å². The lowest BCUT2D eigenvalue weighted by molar-refractivity contribution is 0.235. The molecular weight excluding hydrogens is 346 g/mol. The van der Waals surface area contributed by atoms with Crippen LogP contribution in [-0.4, -0.2) is 56.5 Å². The van der Waals surface area contributed by atoms with E-state index in [9.17, 15) is 8.42 Å². The monoisotopic (exact) mass is 379 g/mol. The molecule has 2 unspecified atom stereocenters. The summed E-state index contributed by atoms with van der Waals surface area (Å²) in [4.78, 5) is 6.61. The first-order valence-corrected chi connectivity index (χ1v) is 11.0. The van der Waals surface area contributed by atoms with Crippen LogP contribution in [0.5, 0.6) is 0 Å². The summed E-state index contributed by atoms with van der Waals surface area (Å²) in [6.07, 6.45) is 1.08. The molecule has 0 amide bonds. The van der Waals surface area contributed by atoms with E-state index in [1.165, 1.54) is 5.56 Å². The molecule has 1 aliphatic rings. The van der Waals surface area contributed by atoms with E-state index in [2.05, 4.69) is 52.5 Å². The summed E-state index contributed by atoms with van der Waals surface area (Å²) in [6.45, 7) is 9.74. The zero-order chi connectivity index (χ0) is 19.4. The Morgan fingerprint density at radius 1 is 1.27 bits per heavy atom. The standard InChI is InChI=1S/C20H33N3O2S/c1-16-15-23(13-11-18(16)17-9-7-6-8-10-17)19(21-5)22-12-14-26(24,25)20(2,3)4/h6-10,16,18H,11-15H2,1-5H3,(H,21,22). The summed E-state index contributed by atoms with van der Waals surface area (Å²) in [7, 11) is -1.37. The van der Waals surface area contributed by atoms with Crippen LogP contribution in [0.25, 0.3) is 0 Å². The van der Waals surface area contributed by atoms with Gasteiger partial charge in [0.25, 0.3) is 0 Å². The van der Waals surface area contributed by atoms with Gasteiger partial charge in [-0.05, 0) is 44.6 Å². The molecule has 1 aromatic carbocycles. The third-order valence-corrected chi connectivity index (χ3v) is 7.84. The summed E-state index contributed by atoms with van der Waals surface area (Å²) in [5.74, 6) is 1.99. The third kappa shape index (κ3) is 5.00. The molecule has 1 aromatic rings. The molecular formula is C20H33N3O2S. The molecule has 0 aromatic heterocycles. The molecule has 0 aliphatic carbocycles. The largest absolute Gasteiger partial charge is 0.355 e. The summed E-state index contributed by atoms with van der Waals surface area (Å²) in [6, 6.07) is 10.7. The molecule has 1 fully saturated rings. The van der Waals surface area contributed by atoms with E-state index in [1.807, 2.05) is 0 Å². The molecule has 1 heterocycles. The first kappa shape index (κ1) is 20.7. The number of rotatable bonds is 4. The highest BCUT2D eigenvalue weighted by molar-refractivity contribution is 7.92. The third-order valence-electron chi connectivity index (χ3n) is 5.23. The Morgan fingerprint density at radius 3 is 2.46 bits per heavy atom. The van der Waals surface area contributed by atoms with Gasteiger partial charge in [-0.25, -0.2) is 8.42 Å². The molecule has 0 saturated carbocycles. The Kier molecular flexibility index (Phi) is 6.72. The Hall–Kier alpha value is -1.56. The van der Waals surface area contributed by atoms with Gasteiger partial charge in [0.15, 0.2) is 15.8 Å². The zero-order valence-corrected chi connectivity index (χ0v) is 17.5. The first-order valence-electron chi connectivity index (χ1n) is 9.38. The van der Waals surface area contributed by atoms with Crippen LogP contribution in [0.1, 0.15) is 45.6 Å². The van der Waals surface area contributed by atoms with Gasteiger partial charge in [-0.1, -0.05) is 37.3 Å². The lowest BCUT2D eigenvalue weighted by Gasteiger charge is -2.39. The van der Waals surface area contributed by atoms with E-state index in [0.29, 0.717) is 18.4 Å². The maximum absolute atomic E-state index is 12.3. The van der Waals surface area contributed by atoms with Gasteiger partial charge in [0.1, 0.15) is 0 Å². The minimum Gasteiger partial charge on any atom is -0.355 e. The maximum atomic E-state index is 12.3. The number of likely N-dealkylation sites (tertiary alicyclic amines) is 1. The number of piperidine rings is 1. The van der Waals surface area contributed by atoms with Gasteiger partial charge in [0.2, 0.25) is 0 Å². The number of aliphatic imine (C=N–C) groups is 1. The fourth-order valence-electron chi connectivity index (χ4n) is 3.47. The number of sulfone groups is 1. The number of nitrogens with zero attached hydrogens (tertiary/aromatic N) is 2. The minimum absolute atomic E-state index is 0.117. The summed E-state index contributed by atoms with van der Waals surface area (Å²) < 4.78 is 23.8. The second-order valence-corrected chi connectivity index (χ2v) is 11.0. The molecule has 146 valence electrons. The van der Waals surface area contributed by atoms with Crippen molar-refractivity contribution in [2.24, 2.45) is 10.9 Å². The van der Waals surface area contributed by atoms with E-state index < -0.39 is 14.6 Å². The van der Waals surface area contributed by atoms with Crippen molar-refractivity contribution in [1.82, 2.24) is 10.2 Å². The molecule has 1 saturated heterocycles. The van der Waals surface area contributed by atoms with Crippen molar-refractivity contribution in [2.75, 3.05) is 32.4 Å². The van der Waals surface area contributed by atoms with Gasteiger partial charge in [-0.2, -0.15) is 0 Å². The molecule has 2 atom stereocenters. The van der Waals surface area contributed by atoms with Gasteiger partial charge >= 0.3 is 0 Å². The van der Waals surface area contributed by atoms with Crippen LogP contribution in [0.2, 0.25) is 0 Å². The second-order valence-electron chi connectivity index (χ2n) is 8.13. The van der Waals surface area contributed by atoms with E-state index in [0.717, 1.165) is 25.5 Å². The van der Waals surface area contributed by atoms with Crippen LogP contribution in [0.15, 0.2) is 35.3 Å². The van der Waals surface area contributed by atoms with Gasteiger partial charge < -0.3 is 10.2 Å². The van der Waals surface area contributed by atoms with Crippen LogP contribution in [0, 0.1) is 5.92 Å². The molecule has 5 nitrogen and oxygen atoms in total. The van der Waals surface area contributed by atoms with Crippen molar-refractivity contribution >= 4 is 15.8 Å². The van der Waals surface area contributed by atoms with E-state index in [1.54, 1.807) is 27.8 Å². The lowest BCUT2D eigenvalue weighted by Crippen LogP contribution is -2.49. The Balaban J connectivity index is 1.92. The summed E-state index contributed by atoms with van der Waals surface area (Å²) in [5.41, 5.74) is 1.40. The van der Waals surface area contributed by atoms with Crippen LogP contribution in [0.4, 0.5) is 0 Å². The zero-order valence-electron chi connectivity index (χ0n) is 16.7. The molecule has 2 rings (SSSR count). The van der Waals surface area contributed by atoms with Crippen molar-refractivity contribution in [3.63, 3.8) is 0 Å². The number of benzene rings is 1. The topological polar surface area (TPSA) is 61.8 Å². The molecule has 0 bridgehead atoms. The fraction of sp³-hybridized carbons (Fsp3) is 0.650. The van der Waals surface area contributed by atoms with Crippen molar-refractivity contribution in [2.45, 2.75) is 44.8 Å². The Labute approximate surface area is 158 Å². The average molecular weight is 380 g/mol. The van der Waals surface area contributed by atoms with E-state index in [4.69, 9.17) is 0 Å². The number of hydrogen-bond acceptors (Lipinski definition) is 3. The molecule has 0 radical (unpaired) electrons. The average Bonchev–Trinajstić information content (AvgIpc) is 2.58. The van der Waals surface area contributed by atoms with Crippen molar-refractivity contribution < 1.29 is 8.42 Å². The van der Waals surface area contributed by atoms with Gasteiger partial charge in [0.05, 0.1) is 10.5 Å². The summed E-state index contributed by atoms with van der Waals surface area (Å²) >= 11 is 0. The smallest absolute Gasteiger partial charge is 0.193 e. The maximum Gasteiger partial charge on any atom is 0.193 e. The van der Waals surface area contributed by atoms with Gasteiger partial charge in [0, 0.05) is 26.7 Å². The minimum atomic E-state index is -3.12. The first-order chi connectivity index (χ1) is 12.2. The predicted octanol–water partition coefficient (Wildman–Crippen LogP) is 2.90. The summed E-state index contributed by atoms with van der Waals surface area (Å²) in [5, 5.41) is 3.24. The lowest BCUT2D eigenvalue weighted by atomic mass is 9.82. The van der Waals surface area contributed by atoms with Crippen molar-refractivity contribution in [3.05, 3.63) is 35.9 Å². The van der Waals surface area contributed by atoms with Crippen LogP contribution in [0.3, 0.4) is 0 Å². The normalized spacial score (nSPS) is 22.3.